The zero-order chi connectivity index (χ0) is 8.65. The summed E-state index contributed by atoms with van der Waals surface area (Å²) in [5, 5.41) is 11.0. The Morgan fingerprint density at radius 1 is 1.50 bits per heavy atom. The third kappa shape index (κ3) is 3.46. The second-order valence-electron chi connectivity index (χ2n) is 2.80. The fourth-order valence-corrected chi connectivity index (χ4v) is 1.00. The second kappa shape index (κ2) is 5.69. The Bertz CT molecular complexity index is 174. The van der Waals surface area contributed by atoms with Gasteiger partial charge in [-0.25, -0.2) is 4.99 Å². The number of hydrogen-bond donors (Lipinski definition) is 1. The quantitative estimate of drug-likeness (QED) is 0.503. The monoisotopic (exact) mass is 168 g/mol. The van der Waals surface area contributed by atoms with E-state index in [4.69, 9.17) is 0 Å². The summed E-state index contributed by atoms with van der Waals surface area (Å²) in [4.78, 5) is 4.10. The molecule has 12 heavy (non-hydrogen) atoms. The van der Waals surface area contributed by atoms with Crippen molar-refractivity contribution >= 4 is 5.96 Å². The first kappa shape index (κ1) is 9.16. The van der Waals surface area contributed by atoms with E-state index in [1.807, 2.05) is 0 Å². The van der Waals surface area contributed by atoms with Gasteiger partial charge in [0.1, 0.15) is 0 Å². The number of nitrogens with one attached hydrogen (secondary N) is 1. The zero-order valence-corrected chi connectivity index (χ0v) is 7.58. The lowest BCUT2D eigenvalue weighted by atomic mass is 10.3. The molecule has 0 radical (unpaired) electrons. The molecule has 0 fully saturated rings. The summed E-state index contributed by atoms with van der Waals surface area (Å²) in [5.41, 5.74) is 0. The van der Waals surface area contributed by atoms with Gasteiger partial charge >= 0.3 is 0 Å². The molecular weight excluding hydrogens is 152 g/mol. The Morgan fingerprint density at radius 3 is 3.08 bits per heavy atom. The molecule has 1 aliphatic rings. The van der Waals surface area contributed by atoms with E-state index in [0.29, 0.717) is 5.96 Å². The topological polar surface area (TPSA) is 49.1 Å². The van der Waals surface area contributed by atoms with Gasteiger partial charge in [-0.05, 0) is 6.42 Å². The van der Waals surface area contributed by atoms with Crippen molar-refractivity contribution in [2.24, 2.45) is 15.2 Å². The predicted octanol–water partition coefficient (Wildman–Crippen LogP) is 1.59. The molecule has 1 rings (SSSR count). The predicted molar refractivity (Wildman–Crippen MR) is 49.6 cm³/mol. The normalized spacial score (nSPS) is 16.6. The number of rotatable bonds is 4. The molecule has 0 saturated carbocycles. The third-order valence-electron chi connectivity index (χ3n) is 1.68. The molecule has 0 aliphatic carbocycles. The lowest BCUT2D eigenvalue weighted by Gasteiger charge is -1.92. The van der Waals surface area contributed by atoms with Gasteiger partial charge in [-0.1, -0.05) is 19.8 Å². The Labute approximate surface area is 73.2 Å². The molecule has 0 bridgehead atoms. The smallest absolute Gasteiger partial charge is 0.237 e. The summed E-state index contributed by atoms with van der Waals surface area (Å²) in [6.45, 7) is 4.75. The maximum atomic E-state index is 4.10. The van der Waals surface area contributed by atoms with E-state index in [9.17, 15) is 0 Å². The first-order chi connectivity index (χ1) is 5.93. The Kier molecular flexibility index (Phi) is 4.34. The summed E-state index contributed by atoms with van der Waals surface area (Å²) in [6, 6.07) is 0. The van der Waals surface area contributed by atoms with E-state index >= 15 is 0 Å². The van der Waals surface area contributed by atoms with Crippen LogP contribution >= 0.6 is 0 Å². The largest absolute Gasteiger partial charge is 0.351 e. The standard InChI is InChI=1S/C8H16N4/c1-2-3-4-5-11-12-8-9-6-7-10-8/h2-7H2,1H3,(H,9,10)/b12-11+. The summed E-state index contributed by atoms with van der Waals surface area (Å²) in [7, 11) is 0. The van der Waals surface area contributed by atoms with Crippen LogP contribution in [-0.4, -0.2) is 25.6 Å². The van der Waals surface area contributed by atoms with Crippen LogP contribution in [-0.2, 0) is 0 Å². The van der Waals surface area contributed by atoms with E-state index < -0.39 is 0 Å². The molecule has 1 aliphatic heterocycles. The van der Waals surface area contributed by atoms with Crippen molar-refractivity contribution in [3.8, 4) is 0 Å². The van der Waals surface area contributed by atoms with E-state index in [-0.39, 0.29) is 0 Å². The highest BCUT2D eigenvalue weighted by atomic mass is 15.3. The van der Waals surface area contributed by atoms with Gasteiger partial charge in [0.15, 0.2) is 0 Å². The molecule has 1 heterocycles. The average Bonchev–Trinajstić information content (AvgIpc) is 2.57. The fraction of sp³-hybridized carbons (Fsp3) is 0.875. The molecule has 0 saturated heterocycles. The van der Waals surface area contributed by atoms with Crippen LogP contribution in [0.1, 0.15) is 26.2 Å². The fourth-order valence-electron chi connectivity index (χ4n) is 1.00. The Hall–Kier alpha value is -0.930. The highest BCUT2D eigenvalue weighted by molar-refractivity contribution is 5.81. The van der Waals surface area contributed by atoms with Gasteiger partial charge in [0, 0.05) is 6.54 Å². The second-order valence-corrected chi connectivity index (χ2v) is 2.80. The van der Waals surface area contributed by atoms with Crippen LogP contribution in [0, 0.1) is 0 Å². The number of azo groups is 1. The third-order valence-corrected chi connectivity index (χ3v) is 1.68. The zero-order valence-electron chi connectivity index (χ0n) is 7.58. The van der Waals surface area contributed by atoms with Crippen molar-refractivity contribution in [3.05, 3.63) is 0 Å². The van der Waals surface area contributed by atoms with Crippen molar-refractivity contribution in [2.75, 3.05) is 19.6 Å². The SMILES string of the molecule is CCCCC/N=N/C1=NCCN1. The lowest BCUT2D eigenvalue weighted by molar-refractivity contribution is 0.713. The number of hydrogen-bond acceptors (Lipinski definition) is 4. The molecular formula is C8H16N4. The van der Waals surface area contributed by atoms with Gasteiger partial charge in [-0.3, -0.25) is 0 Å². The van der Waals surface area contributed by atoms with Crippen LogP contribution in [0.3, 0.4) is 0 Å². The molecule has 0 aromatic carbocycles. The van der Waals surface area contributed by atoms with E-state index in [2.05, 4.69) is 27.5 Å². The number of nitrogens with zero attached hydrogens (tertiary/aromatic N) is 3. The molecule has 1 N–H and O–H groups in total. The number of aliphatic imine (C=N–C) groups is 1. The molecule has 0 atom stereocenters. The van der Waals surface area contributed by atoms with Gasteiger partial charge in [0.2, 0.25) is 5.96 Å². The van der Waals surface area contributed by atoms with Crippen LogP contribution in [0.15, 0.2) is 15.2 Å². The maximum absolute atomic E-state index is 4.10. The van der Waals surface area contributed by atoms with Crippen molar-refractivity contribution in [3.63, 3.8) is 0 Å². The van der Waals surface area contributed by atoms with Gasteiger partial charge in [0.05, 0.1) is 13.1 Å². The van der Waals surface area contributed by atoms with Crippen LogP contribution in [0.5, 0.6) is 0 Å². The van der Waals surface area contributed by atoms with Crippen LogP contribution in [0.25, 0.3) is 0 Å². The molecule has 4 nitrogen and oxygen atoms in total. The van der Waals surface area contributed by atoms with E-state index in [0.717, 1.165) is 26.1 Å². The van der Waals surface area contributed by atoms with Gasteiger partial charge in [-0.2, -0.15) is 5.11 Å². The van der Waals surface area contributed by atoms with Gasteiger partial charge < -0.3 is 5.32 Å². The first-order valence-electron chi connectivity index (χ1n) is 4.59. The minimum absolute atomic E-state index is 0.700. The maximum Gasteiger partial charge on any atom is 0.237 e. The van der Waals surface area contributed by atoms with Crippen molar-refractivity contribution < 1.29 is 0 Å². The summed E-state index contributed by atoms with van der Waals surface area (Å²) in [5.74, 6) is 0.700. The van der Waals surface area contributed by atoms with Crippen molar-refractivity contribution in [1.29, 1.82) is 0 Å². The van der Waals surface area contributed by atoms with E-state index in [1.54, 1.807) is 0 Å². The highest BCUT2D eigenvalue weighted by Gasteiger charge is 2.00. The molecule has 0 aromatic rings. The molecule has 0 aromatic heterocycles. The van der Waals surface area contributed by atoms with Gasteiger partial charge in [0.25, 0.3) is 0 Å². The van der Waals surface area contributed by atoms with Crippen molar-refractivity contribution in [2.45, 2.75) is 26.2 Å². The molecule has 68 valence electrons. The van der Waals surface area contributed by atoms with E-state index in [1.165, 1.54) is 12.8 Å². The highest BCUT2D eigenvalue weighted by Crippen LogP contribution is 1.95. The molecule has 0 unspecified atom stereocenters. The average molecular weight is 168 g/mol. The van der Waals surface area contributed by atoms with Gasteiger partial charge in [-0.15, -0.1) is 5.11 Å². The molecule has 0 amide bonds. The number of unbranched alkanes of at least 4 members (excludes halogenated alkanes) is 2. The molecule has 0 spiro atoms. The Balaban J connectivity index is 2.05. The molecule has 4 heteroatoms. The summed E-state index contributed by atoms with van der Waals surface area (Å²) >= 11 is 0. The minimum atomic E-state index is 0.700. The van der Waals surface area contributed by atoms with Crippen molar-refractivity contribution in [1.82, 2.24) is 5.32 Å². The van der Waals surface area contributed by atoms with Crippen LogP contribution < -0.4 is 5.32 Å². The minimum Gasteiger partial charge on any atom is -0.351 e. The summed E-state index contributed by atoms with van der Waals surface area (Å²) < 4.78 is 0. The number of guanidine groups is 1. The van der Waals surface area contributed by atoms with Crippen LogP contribution in [0.4, 0.5) is 0 Å². The summed E-state index contributed by atoms with van der Waals surface area (Å²) in [6.07, 6.45) is 3.60. The lowest BCUT2D eigenvalue weighted by Crippen LogP contribution is -2.15. The van der Waals surface area contributed by atoms with Crippen LogP contribution in [0.2, 0.25) is 0 Å². The Morgan fingerprint density at radius 2 is 2.42 bits per heavy atom. The first-order valence-corrected chi connectivity index (χ1v) is 4.59.